The molecule has 0 aromatic heterocycles. The van der Waals surface area contributed by atoms with Crippen LogP contribution in [0, 0.1) is 11.6 Å². The number of ether oxygens (including phenoxy) is 1. The van der Waals surface area contributed by atoms with Gasteiger partial charge in [0.15, 0.2) is 11.6 Å². The summed E-state index contributed by atoms with van der Waals surface area (Å²) in [6, 6.07) is 10.2. The minimum atomic E-state index is -1.10. The highest BCUT2D eigenvalue weighted by Crippen LogP contribution is 2.35. The number of halogens is 2. The maximum absolute atomic E-state index is 15.2. The summed E-state index contributed by atoms with van der Waals surface area (Å²) >= 11 is 1.75. The van der Waals surface area contributed by atoms with Crippen LogP contribution in [0.3, 0.4) is 0 Å². The van der Waals surface area contributed by atoms with Crippen molar-refractivity contribution >= 4 is 23.5 Å². The molecule has 1 aliphatic heterocycles. The summed E-state index contributed by atoms with van der Waals surface area (Å²) in [6.45, 7) is 1.14. The van der Waals surface area contributed by atoms with Gasteiger partial charge in [0.2, 0.25) is 0 Å². The fraction of sp³-hybridized carbons (Fsp3) is 0.278. The van der Waals surface area contributed by atoms with Gasteiger partial charge in [-0.05, 0) is 5.56 Å². The number of carbonyl (C=O) groups excluding carboxylic acids is 1. The lowest BCUT2D eigenvalue weighted by Crippen LogP contribution is -2.34. The van der Waals surface area contributed by atoms with Gasteiger partial charge in [-0.25, -0.2) is 13.6 Å². The van der Waals surface area contributed by atoms with Crippen molar-refractivity contribution < 1.29 is 18.3 Å². The molecule has 0 spiro atoms. The van der Waals surface area contributed by atoms with Crippen LogP contribution in [0.2, 0.25) is 0 Å². The van der Waals surface area contributed by atoms with Crippen molar-refractivity contribution in [2.75, 3.05) is 29.5 Å². The quantitative estimate of drug-likeness (QED) is 0.901. The molecule has 0 unspecified atom stereocenters. The fourth-order valence-corrected chi connectivity index (χ4v) is 3.77. The Hall–Kier alpha value is -2.28. The number of benzene rings is 2. The summed E-state index contributed by atoms with van der Waals surface area (Å²) in [4.78, 5) is 12.8. The van der Waals surface area contributed by atoms with Gasteiger partial charge in [0.05, 0.1) is 0 Å². The maximum atomic E-state index is 15.2. The SMILES string of the molecule is NC(=O)Oc1cc(F)c(N2CCSCC2)c(F)c1Cc1ccccc1. The van der Waals surface area contributed by atoms with Crippen LogP contribution in [0.25, 0.3) is 0 Å². The van der Waals surface area contributed by atoms with E-state index in [-0.39, 0.29) is 23.4 Å². The third kappa shape index (κ3) is 4.04. The van der Waals surface area contributed by atoms with E-state index in [2.05, 4.69) is 0 Å². The zero-order chi connectivity index (χ0) is 17.8. The minimum Gasteiger partial charge on any atom is -0.410 e. The van der Waals surface area contributed by atoms with Gasteiger partial charge < -0.3 is 15.4 Å². The van der Waals surface area contributed by atoms with Gasteiger partial charge in [0.25, 0.3) is 0 Å². The monoisotopic (exact) mass is 364 g/mol. The Balaban J connectivity index is 2.06. The molecule has 0 atom stereocenters. The molecule has 2 N–H and O–H groups in total. The summed E-state index contributed by atoms with van der Waals surface area (Å²) < 4.78 is 34.6. The first-order valence-corrected chi connectivity index (χ1v) is 9.06. The number of rotatable bonds is 4. The Morgan fingerprint density at radius 3 is 2.52 bits per heavy atom. The highest BCUT2D eigenvalue weighted by molar-refractivity contribution is 7.99. The average molecular weight is 364 g/mol. The maximum Gasteiger partial charge on any atom is 0.409 e. The molecule has 0 aliphatic carbocycles. The molecule has 2 aromatic carbocycles. The normalized spacial score (nSPS) is 14.4. The second-order valence-corrected chi connectivity index (χ2v) is 6.91. The lowest BCUT2D eigenvalue weighted by Gasteiger charge is -2.30. The number of hydrogen-bond acceptors (Lipinski definition) is 4. The first-order chi connectivity index (χ1) is 12.1. The van der Waals surface area contributed by atoms with Gasteiger partial charge in [-0.15, -0.1) is 0 Å². The van der Waals surface area contributed by atoms with E-state index >= 15 is 4.39 Å². The van der Waals surface area contributed by atoms with Crippen molar-refractivity contribution in [3.8, 4) is 5.75 Å². The number of anilines is 1. The third-order valence-electron chi connectivity index (χ3n) is 4.02. The van der Waals surface area contributed by atoms with E-state index in [1.807, 2.05) is 30.3 Å². The number of thioether (sulfide) groups is 1. The van der Waals surface area contributed by atoms with Crippen LogP contribution in [0.4, 0.5) is 19.3 Å². The molecule has 4 nitrogen and oxygen atoms in total. The molecule has 132 valence electrons. The molecule has 0 bridgehead atoms. The molecule has 2 aromatic rings. The van der Waals surface area contributed by atoms with Crippen LogP contribution in [0.5, 0.6) is 5.75 Å². The Bertz CT molecular complexity index is 765. The van der Waals surface area contributed by atoms with Crippen molar-refractivity contribution in [3.05, 3.63) is 59.2 Å². The van der Waals surface area contributed by atoms with E-state index < -0.39 is 17.7 Å². The first-order valence-electron chi connectivity index (χ1n) is 7.91. The van der Waals surface area contributed by atoms with E-state index in [0.717, 1.165) is 23.1 Å². The van der Waals surface area contributed by atoms with Gasteiger partial charge in [0, 0.05) is 42.6 Å². The number of nitrogens with zero attached hydrogens (tertiary/aromatic N) is 1. The highest BCUT2D eigenvalue weighted by atomic mass is 32.2. The van der Waals surface area contributed by atoms with Crippen LogP contribution in [-0.2, 0) is 6.42 Å². The number of carbonyl (C=O) groups is 1. The second kappa shape index (κ2) is 7.74. The van der Waals surface area contributed by atoms with E-state index in [9.17, 15) is 9.18 Å². The minimum absolute atomic E-state index is 0.0666. The Labute approximate surface area is 149 Å². The Morgan fingerprint density at radius 2 is 1.88 bits per heavy atom. The highest BCUT2D eigenvalue weighted by Gasteiger charge is 2.25. The van der Waals surface area contributed by atoms with Crippen LogP contribution < -0.4 is 15.4 Å². The molecule has 1 amide bonds. The average Bonchev–Trinajstić information content (AvgIpc) is 2.60. The van der Waals surface area contributed by atoms with E-state index in [1.165, 1.54) is 0 Å². The summed E-state index contributed by atoms with van der Waals surface area (Å²) in [7, 11) is 0. The van der Waals surface area contributed by atoms with E-state index in [0.29, 0.717) is 13.1 Å². The predicted molar refractivity (Wildman–Crippen MR) is 95.4 cm³/mol. The van der Waals surface area contributed by atoms with Crippen molar-refractivity contribution in [1.82, 2.24) is 0 Å². The fourth-order valence-electron chi connectivity index (χ4n) is 2.87. The molecule has 1 saturated heterocycles. The molecule has 7 heteroatoms. The molecule has 1 heterocycles. The van der Waals surface area contributed by atoms with E-state index in [1.54, 1.807) is 16.7 Å². The van der Waals surface area contributed by atoms with Crippen LogP contribution in [-0.4, -0.2) is 30.7 Å². The standard InChI is InChI=1S/C18H18F2N2O2S/c19-14-11-15(24-18(21)23)13(10-12-4-2-1-3-5-12)16(20)17(14)22-6-8-25-9-7-22/h1-5,11H,6-10H2,(H2,21,23). The van der Waals surface area contributed by atoms with Gasteiger partial charge in [0.1, 0.15) is 11.4 Å². The molecule has 0 saturated carbocycles. The lowest BCUT2D eigenvalue weighted by molar-refractivity contribution is 0.210. The number of primary amides is 1. The zero-order valence-corrected chi connectivity index (χ0v) is 14.3. The third-order valence-corrected chi connectivity index (χ3v) is 4.96. The summed E-state index contributed by atoms with van der Waals surface area (Å²) in [5.74, 6) is -0.00950. The molecular weight excluding hydrogens is 346 g/mol. The number of hydrogen-bond donors (Lipinski definition) is 1. The van der Waals surface area contributed by atoms with Crippen molar-refractivity contribution in [2.45, 2.75) is 6.42 Å². The number of nitrogens with two attached hydrogens (primary N) is 1. The van der Waals surface area contributed by atoms with Crippen LogP contribution in [0.1, 0.15) is 11.1 Å². The van der Waals surface area contributed by atoms with Crippen molar-refractivity contribution in [3.63, 3.8) is 0 Å². The molecule has 1 aliphatic rings. The predicted octanol–water partition coefficient (Wildman–Crippen LogP) is 3.57. The molecular formula is C18H18F2N2O2S. The molecule has 3 rings (SSSR count). The molecule has 25 heavy (non-hydrogen) atoms. The summed E-state index contributed by atoms with van der Waals surface area (Å²) in [6.07, 6.45) is -0.930. The zero-order valence-electron chi connectivity index (χ0n) is 13.5. The lowest BCUT2D eigenvalue weighted by atomic mass is 10.0. The van der Waals surface area contributed by atoms with Crippen molar-refractivity contribution in [2.24, 2.45) is 5.73 Å². The first kappa shape index (κ1) is 17.5. The van der Waals surface area contributed by atoms with E-state index in [4.69, 9.17) is 10.5 Å². The van der Waals surface area contributed by atoms with Gasteiger partial charge in [-0.3, -0.25) is 0 Å². The van der Waals surface area contributed by atoms with Gasteiger partial charge >= 0.3 is 6.09 Å². The van der Waals surface area contributed by atoms with Crippen molar-refractivity contribution in [1.29, 1.82) is 0 Å². The Morgan fingerprint density at radius 1 is 1.20 bits per heavy atom. The molecule has 1 fully saturated rings. The van der Waals surface area contributed by atoms with Gasteiger partial charge in [-0.2, -0.15) is 11.8 Å². The Kier molecular flexibility index (Phi) is 5.43. The summed E-state index contributed by atoms with van der Waals surface area (Å²) in [5.41, 5.74) is 5.93. The number of amides is 1. The second-order valence-electron chi connectivity index (χ2n) is 5.68. The topological polar surface area (TPSA) is 55.6 Å². The summed E-state index contributed by atoms with van der Waals surface area (Å²) in [5, 5.41) is 0. The largest absolute Gasteiger partial charge is 0.410 e. The smallest absolute Gasteiger partial charge is 0.409 e. The van der Waals surface area contributed by atoms with Crippen LogP contribution >= 0.6 is 11.8 Å². The van der Waals surface area contributed by atoms with Crippen LogP contribution in [0.15, 0.2) is 36.4 Å². The molecule has 0 radical (unpaired) electrons. The van der Waals surface area contributed by atoms with Gasteiger partial charge in [-0.1, -0.05) is 30.3 Å².